The van der Waals surface area contributed by atoms with Gasteiger partial charge in [-0.05, 0) is 31.1 Å². The summed E-state index contributed by atoms with van der Waals surface area (Å²) in [6.07, 6.45) is -2.22. The van der Waals surface area contributed by atoms with Crippen molar-refractivity contribution in [2.75, 3.05) is 13.2 Å². The minimum absolute atomic E-state index is 0.0379. The highest BCUT2D eigenvalue weighted by Gasteiger charge is 2.58. The summed E-state index contributed by atoms with van der Waals surface area (Å²) in [5.74, 6) is -5.80. The van der Waals surface area contributed by atoms with Crippen LogP contribution in [0, 0.1) is 5.41 Å². The van der Waals surface area contributed by atoms with E-state index in [1.54, 1.807) is 0 Å². The van der Waals surface area contributed by atoms with Crippen LogP contribution in [0.4, 0.5) is 0 Å². The average Bonchev–Trinajstić information content (AvgIpc) is 3.30. The first-order valence-corrected chi connectivity index (χ1v) is 14.5. The summed E-state index contributed by atoms with van der Waals surface area (Å²) in [5, 5.41) is 64.7. The van der Waals surface area contributed by atoms with Gasteiger partial charge in [0.05, 0.1) is 25.3 Å². The Morgan fingerprint density at radius 1 is 1.23 bits per heavy atom. The quantitative estimate of drug-likeness (QED) is 0.0688. The summed E-state index contributed by atoms with van der Waals surface area (Å²) in [7, 11) is -5.43. The molecule has 3 unspecified atom stereocenters. The molecule has 1 aliphatic carbocycles. The number of phosphoric ester groups is 1. The number of amides is 1. The van der Waals surface area contributed by atoms with Gasteiger partial charge in [-0.1, -0.05) is 40.0 Å². The fourth-order valence-corrected chi connectivity index (χ4v) is 6.44. The van der Waals surface area contributed by atoms with Crippen LogP contribution in [0.2, 0.25) is 0 Å². The van der Waals surface area contributed by atoms with Crippen molar-refractivity contribution in [3.63, 3.8) is 0 Å². The zero-order chi connectivity index (χ0) is 29.6. The monoisotopic (exact) mass is 586 g/mol. The number of carbonyl (C=O) groups excluding carboxylic acids is 1. The Labute approximate surface area is 227 Å². The van der Waals surface area contributed by atoms with Crippen LogP contribution < -0.4 is 10.6 Å². The molecule has 2 rings (SSSR count). The summed E-state index contributed by atoms with van der Waals surface area (Å²) in [6.45, 7) is 5.28. The molecule has 7 atom stereocenters. The third-order valence-electron chi connectivity index (χ3n) is 7.44. The Kier molecular flexibility index (Phi) is 11.9. The van der Waals surface area contributed by atoms with E-state index in [1.807, 2.05) is 0 Å². The van der Waals surface area contributed by atoms with Crippen molar-refractivity contribution in [2.24, 2.45) is 5.41 Å². The lowest BCUT2D eigenvalue weighted by molar-refractivity contribution is -0.295. The smallest absolute Gasteiger partial charge is 0.477 e. The van der Waals surface area contributed by atoms with E-state index in [4.69, 9.17) is 9.99 Å². The maximum atomic E-state index is 13.0. The first-order valence-electron chi connectivity index (χ1n) is 13.0. The van der Waals surface area contributed by atoms with Crippen LogP contribution in [0.25, 0.3) is 0 Å². The van der Waals surface area contributed by atoms with Gasteiger partial charge in [-0.3, -0.25) is 4.79 Å². The number of ether oxygens (including phenoxy) is 1. The molecule has 2 aliphatic rings. The standard InChI is InChI=1S/C23H43N2O13P/c1-4-7-21(2,3)13-22(8-5-6-9-22)24-11-16(29)25-17-14(27)10-23(20(31)32,37-39(34,35)38-33)36-19(17)18(30)15(28)12-26/h14-15,17-19,24,26-28,30,33H,4-13H2,1-3H3,(H,25,29)(H,31,32)(H,34,35)/t14?,15-,17-,18-,19?,23-/m1/s1. The van der Waals surface area contributed by atoms with E-state index in [2.05, 4.69) is 40.6 Å². The Balaban J connectivity index is 2.24. The number of hydrogen-bond acceptors (Lipinski definition) is 12. The fraction of sp³-hybridized carbons (Fsp3) is 0.913. The third kappa shape index (κ3) is 8.88. The van der Waals surface area contributed by atoms with Crippen molar-refractivity contribution >= 4 is 19.7 Å². The van der Waals surface area contributed by atoms with Gasteiger partial charge in [0.15, 0.2) is 0 Å². The van der Waals surface area contributed by atoms with Crippen molar-refractivity contribution < 1.29 is 63.8 Å². The Hall–Kier alpha value is -1.23. The van der Waals surface area contributed by atoms with E-state index in [9.17, 15) is 44.6 Å². The molecule has 0 radical (unpaired) electrons. The van der Waals surface area contributed by atoms with Gasteiger partial charge in [0.25, 0.3) is 5.79 Å². The Morgan fingerprint density at radius 2 is 1.85 bits per heavy atom. The molecule has 9 N–H and O–H groups in total. The highest BCUT2D eigenvalue weighted by Crippen LogP contribution is 2.50. The molecule has 0 aromatic heterocycles. The van der Waals surface area contributed by atoms with Gasteiger partial charge in [0.2, 0.25) is 5.91 Å². The van der Waals surface area contributed by atoms with Gasteiger partial charge in [-0.15, -0.1) is 4.67 Å². The maximum Gasteiger partial charge on any atom is 0.502 e. The SMILES string of the molecule is CCCC(C)(C)CC1(NCC(=O)N[C@@H]2C(O)C[C@@](OP(=O)(O)OO)(C(=O)O)OC2[C@H](O)[C@H](O)CO)CCCC1. The van der Waals surface area contributed by atoms with E-state index in [-0.39, 0.29) is 17.5 Å². The number of aliphatic hydroxyl groups is 4. The molecular formula is C23H43N2O13P. The van der Waals surface area contributed by atoms with Gasteiger partial charge >= 0.3 is 13.8 Å². The highest BCUT2D eigenvalue weighted by molar-refractivity contribution is 7.47. The molecule has 1 heterocycles. The molecule has 0 spiro atoms. The molecule has 0 aromatic rings. The van der Waals surface area contributed by atoms with Crippen LogP contribution in [0.5, 0.6) is 0 Å². The minimum atomic E-state index is -5.43. The number of carbonyl (C=O) groups is 2. The molecule has 228 valence electrons. The summed E-state index contributed by atoms with van der Waals surface area (Å²) < 4.78 is 24.8. The van der Waals surface area contributed by atoms with Gasteiger partial charge in [-0.25, -0.2) is 19.1 Å². The number of aliphatic hydroxyl groups excluding tert-OH is 4. The molecular weight excluding hydrogens is 543 g/mol. The number of aliphatic carboxylic acids is 1. The largest absolute Gasteiger partial charge is 0.502 e. The topological polar surface area (TPSA) is 245 Å². The van der Waals surface area contributed by atoms with Crippen molar-refractivity contribution in [1.29, 1.82) is 0 Å². The second-order valence-corrected chi connectivity index (χ2v) is 12.6. The average molecular weight is 587 g/mol. The summed E-state index contributed by atoms with van der Waals surface area (Å²) in [4.78, 5) is 34.5. The van der Waals surface area contributed by atoms with Gasteiger partial charge in [0.1, 0.15) is 18.3 Å². The molecule has 2 fully saturated rings. The summed E-state index contributed by atoms with van der Waals surface area (Å²) >= 11 is 0. The Bertz CT molecular complexity index is 884. The Morgan fingerprint density at radius 3 is 2.36 bits per heavy atom. The molecule has 1 amide bonds. The van der Waals surface area contributed by atoms with Crippen LogP contribution in [0.1, 0.15) is 72.1 Å². The van der Waals surface area contributed by atoms with Crippen molar-refractivity contribution in [3.05, 3.63) is 0 Å². The van der Waals surface area contributed by atoms with E-state index in [0.29, 0.717) is 0 Å². The van der Waals surface area contributed by atoms with Crippen molar-refractivity contribution in [1.82, 2.24) is 10.6 Å². The summed E-state index contributed by atoms with van der Waals surface area (Å²) in [6, 6.07) is -1.53. The number of hydrogen-bond donors (Lipinski definition) is 9. The minimum Gasteiger partial charge on any atom is -0.477 e. The molecule has 1 saturated carbocycles. The fourth-order valence-electron chi connectivity index (χ4n) is 5.84. The lowest BCUT2D eigenvalue weighted by Gasteiger charge is -2.46. The lowest BCUT2D eigenvalue weighted by Crippen LogP contribution is -2.68. The van der Waals surface area contributed by atoms with Crippen LogP contribution in [0.15, 0.2) is 0 Å². The molecule has 39 heavy (non-hydrogen) atoms. The molecule has 1 saturated heterocycles. The first-order chi connectivity index (χ1) is 18.0. The predicted molar refractivity (Wildman–Crippen MR) is 134 cm³/mol. The maximum absolute atomic E-state index is 13.0. The number of carboxylic acids is 1. The summed E-state index contributed by atoms with van der Waals surface area (Å²) in [5.41, 5.74) is -0.237. The molecule has 1 aliphatic heterocycles. The molecule has 16 heteroatoms. The van der Waals surface area contributed by atoms with Gasteiger partial charge < -0.3 is 45.8 Å². The number of phosphoric acid groups is 1. The highest BCUT2D eigenvalue weighted by atomic mass is 31.2. The molecule has 15 nitrogen and oxygen atoms in total. The van der Waals surface area contributed by atoms with E-state index in [0.717, 1.165) is 44.9 Å². The number of nitrogens with one attached hydrogen (secondary N) is 2. The zero-order valence-electron chi connectivity index (χ0n) is 22.5. The van der Waals surface area contributed by atoms with E-state index in [1.165, 1.54) is 0 Å². The predicted octanol–water partition coefficient (Wildman–Crippen LogP) is -0.159. The van der Waals surface area contributed by atoms with Crippen LogP contribution in [-0.4, -0.2) is 102 Å². The van der Waals surface area contributed by atoms with Gasteiger partial charge in [0, 0.05) is 12.0 Å². The van der Waals surface area contributed by atoms with Crippen LogP contribution in [-0.2, 0) is 28.1 Å². The molecule has 0 bridgehead atoms. The number of carboxylic acid groups (broad SMARTS) is 1. The van der Waals surface area contributed by atoms with Gasteiger partial charge in [-0.2, -0.15) is 0 Å². The lowest BCUT2D eigenvalue weighted by atomic mass is 9.75. The molecule has 0 aromatic carbocycles. The van der Waals surface area contributed by atoms with Crippen molar-refractivity contribution in [3.8, 4) is 0 Å². The third-order valence-corrected chi connectivity index (χ3v) is 8.17. The van der Waals surface area contributed by atoms with E-state index >= 15 is 0 Å². The van der Waals surface area contributed by atoms with Crippen molar-refractivity contribution in [2.45, 2.75) is 114 Å². The van der Waals surface area contributed by atoms with Crippen LogP contribution >= 0.6 is 7.82 Å². The first kappa shape index (κ1) is 34.0. The zero-order valence-corrected chi connectivity index (χ0v) is 23.4. The second-order valence-electron chi connectivity index (χ2n) is 11.3. The normalized spacial score (nSPS) is 30.3. The van der Waals surface area contributed by atoms with Crippen LogP contribution in [0.3, 0.4) is 0 Å². The second kappa shape index (κ2) is 13.6. The number of rotatable bonds is 15. The van der Waals surface area contributed by atoms with E-state index < -0.39 is 69.0 Å².